The molecule has 1 aromatic rings. The summed E-state index contributed by atoms with van der Waals surface area (Å²) in [5.74, 6) is 1.14. The number of aromatic nitrogens is 1. The molecule has 0 atom stereocenters. The van der Waals surface area contributed by atoms with Crippen LogP contribution in [-0.4, -0.2) is 28.9 Å². The molecule has 2 amide bonds. The van der Waals surface area contributed by atoms with Crippen LogP contribution in [0.15, 0.2) is 18.2 Å². The summed E-state index contributed by atoms with van der Waals surface area (Å²) >= 11 is 0. The zero-order valence-corrected chi connectivity index (χ0v) is 16.0. The molecule has 0 spiro atoms. The molecule has 2 aliphatic carbocycles. The SMILES string of the molecule is CC1CCC(NC(=O)c2cccc(C(=O)NC3CCC(C)CC3)n2)CC1. The molecule has 2 saturated carbocycles. The van der Waals surface area contributed by atoms with E-state index in [1.165, 1.54) is 0 Å². The van der Waals surface area contributed by atoms with Crippen LogP contribution in [-0.2, 0) is 0 Å². The molecule has 0 saturated heterocycles. The molecule has 26 heavy (non-hydrogen) atoms. The summed E-state index contributed by atoms with van der Waals surface area (Å²) in [6.07, 6.45) is 8.70. The van der Waals surface area contributed by atoms with Crippen LogP contribution in [0.2, 0.25) is 0 Å². The van der Waals surface area contributed by atoms with Crippen LogP contribution in [0.1, 0.15) is 86.2 Å². The predicted octanol–water partition coefficient (Wildman–Crippen LogP) is 3.70. The number of carbonyl (C=O) groups excluding carboxylic acids is 2. The third kappa shape index (κ3) is 5.05. The maximum atomic E-state index is 12.5. The van der Waals surface area contributed by atoms with Gasteiger partial charge in [-0.25, -0.2) is 4.98 Å². The first-order valence-corrected chi connectivity index (χ1v) is 10.1. The van der Waals surface area contributed by atoms with Crippen molar-refractivity contribution in [3.63, 3.8) is 0 Å². The smallest absolute Gasteiger partial charge is 0.270 e. The fourth-order valence-electron chi connectivity index (χ4n) is 4.02. The number of pyridine rings is 1. The summed E-state index contributed by atoms with van der Waals surface area (Å²) in [6.45, 7) is 4.52. The van der Waals surface area contributed by atoms with Crippen LogP contribution < -0.4 is 10.6 Å². The molecule has 0 aliphatic heterocycles. The summed E-state index contributed by atoms with van der Waals surface area (Å²) in [5, 5.41) is 6.15. The molecule has 5 nitrogen and oxygen atoms in total. The number of nitrogens with one attached hydrogen (secondary N) is 2. The molecule has 0 radical (unpaired) electrons. The van der Waals surface area contributed by atoms with Crippen LogP contribution in [0.3, 0.4) is 0 Å². The second-order valence-corrected chi connectivity index (χ2v) is 8.27. The molecule has 0 aromatic carbocycles. The Kier molecular flexibility index (Phi) is 6.28. The van der Waals surface area contributed by atoms with E-state index >= 15 is 0 Å². The number of nitrogens with zero attached hydrogens (tertiary/aromatic N) is 1. The highest BCUT2D eigenvalue weighted by Gasteiger charge is 2.23. The van der Waals surface area contributed by atoms with Crippen molar-refractivity contribution in [2.45, 2.75) is 77.3 Å². The van der Waals surface area contributed by atoms with Gasteiger partial charge in [-0.3, -0.25) is 9.59 Å². The van der Waals surface area contributed by atoms with Gasteiger partial charge in [0.2, 0.25) is 0 Å². The third-order valence-electron chi connectivity index (χ3n) is 5.92. The average Bonchev–Trinajstić information content (AvgIpc) is 2.65. The third-order valence-corrected chi connectivity index (χ3v) is 5.92. The van der Waals surface area contributed by atoms with E-state index in [9.17, 15) is 9.59 Å². The van der Waals surface area contributed by atoms with Gasteiger partial charge < -0.3 is 10.6 Å². The van der Waals surface area contributed by atoms with Crippen molar-refractivity contribution in [3.8, 4) is 0 Å². The van der Waals surface area contributed by atoms with Gasteiger partial charge in [-0.2, -0.15) is 0 Å². The van der Waals surface area contributed by atoms with Crippen molar-refractivity contribution >= 4 is 11.8 Å². The molecule has 0 bridgehead atoms. The molecular formula is C21H31N3O2. The van der Waals surface area contributed by atoms with E-state index in [1.54, 1.807) is 18.2 Å². The minimum Gasteiger partial charge on any atom is -0.348 e. The zero-order chi connectivity index (χ0) is 18.5. The molecule has 2 fully saturated rings. The van der Waals surface area contributed by atoms with E-state index in [0.717, 1.165) is 63.2 Å². The Bertz CT molecular complexity index is 579. The normalized spacial score (nSPS) is 29.0. The molecule has 3 rings (SSSR count). The minimum absolute atomic E-state index is 0.175. The highest BCUT2D eigenvalue weighted by atomic mass is 16.2. The van der Waals surface area contributed by atoms with Gasteiger partial charge in [0.1, 0.15) is 11.4 Å². The lowest BCUT2D eigenvalue weighted by molar-refractivity contribution is 0.0913. The first kappa shape index (κ1) is 18.9. The summed E-state index contributed by atoms with van der Waals surface area (Å²) in [7, 11) is 0. The van der Waals surface area contributed by atoms with Crippen LogP contribution in [0.4, 0.5) is 0 Å². The standard InChI is InChI=1S/C21H31N3O2/c1-14-6-10-16(11-7-14)22-20(25)18-4-3-5-19(24-18)21(26)23-17-12-8-15(2)9-13-17/h3-5,14-17H,6-13H2,1-2H3,(H,22,25)(H,23,26). The first-order valence-electron chi connectivity index (χ1n) is 10.1. The van der Waals surface area contributed by atoms with E-state index in [2.05, 4.69) is 29.5 Å². The van der Waals surface area contributed by atoms with Gasteiger partial charge in [0.15, 0.2) is 0 Å². The molecule has 1 aromatic heterocycles. The van der Waals surface area contributed by atoms with Gasteiger partial charge in [-0.15, -0.1) is 0 Å². The Labute approximate surface area is 156 Å². The van der Waals surface area contributed by atoms with E-state index in [0.29, 0.717) is 11.4 Å². The van der Waals surface area contributed by atoms with Gasteiger partial charge >= 0.3 is 0 Å². The number of hydrogen-bond acceptors (Lipinski definition) is 3. The van der Waals surface area contributed by atoms with Gasteiger partial charge in [0.05, 0.1) is 0 Å². The van der Waals surface area contributed by atoms with E-state index in [4.69, 9.17) is 0 Å². The zero-order valence-electron chi connectivity index (χ0n) is 16.0. The lowest BCUT2D eigenvalue weighted by Gasteiger charge is -2.27. The van der Waals surface area contributed by atoms with Gasteiger partial charge in [-0.1, -0.05) is 19.9 Å². The van der Waals surface area contributed by atoms with Crippen molar-refractivity contribution in [3.05, 3.63) is 29.6 Å². The van der Waals surface area contributed by atoms with Crippen molar-refractivity contribution < 1.29 is 9.59 Å². The summed E-state index contributed by atoms with van der Waals surface area (Å²) in [6, 6.07) is 5.55. The monoisotopic (exact) mass is 357 g/mol. The van der Waals surface area contributed by atoms with Crippen LogP contribution >= 0.6 is 0 Å². The quantitative estimate of drug-likeness (QED) is 0.863. The first-order chi connectivity index (χ1) is 12.5. The van der Waals surface area contributed by atoms with Crippen molar-refractivity contribution in [1.82, 2.24) is 15.6 Å². The van der Waals surface area contributed by atoms with Gasteiger partial charge in [-0.05, 0) is 75.3 Å². The number of carbonyl (C=O) groups is 2. The maximum Gasteiger partial charge on any atom is 0.270 e. The molecule has 1 heterocycles. The second kappa shape index (κ2) is 8.65. The van der Waals surface area contributed by atoms with Gasteiger partial charge in [0.25, 0.3) is 11.8 Å². The largest absolute Gasteiger partial charge is 0.348 e. The second-order valence-electron chi connectivity index (χ2n) is 8.27. The molecule has 142 valence electrons. The lowest BCUT2D eigenvalue weighted by atomic mass is 9.87. The summed E-state index contributed by atoms with van der Waals surface area (Å²) < 4.78 is 0. The van der Waals surface area contributed by atoms with Crippen LogP contribution in [0, 0.1) is 11.8 Å². The number of rotatable bonds is 4. The van der Waals surface area contributed by atoms with E-state index in [-0.39, 0.29) is 23.9 Å². The molecule has 5 heteroatoms. The topological polar surface area (TPSA) is 71.1 Å². The lowest BCUT2D eigenvalue weighted by Crippen LogP contribution is -2.39. The molecular weight excluding hydrogens is 326 g/mol. The van der Waals surface area contributed by atoms with E-state index in [1.807, 2.05) is 0 Å². The Balaban J connectivity index is 1.56. The summed E-state index contributed by atoms with van der Waals surface area (Å²) in [5.41, 5.74) is 0.655. The Morgan fingerprint density at radius 3 is 1.54 bits per heavy atom. The van der Waals surface area contributed by atoms with Crippen LogP contribution in [0.5, 0.6) is 0 Å². The predicted molar refractivity (Wildman–Crippen MR) is 102 cm³/mol. The summed E-state index contributed by atoms with van der Waals surface area (Å²) in [4.78, 5) is 29.3. The van der Waals surface area contributed by atoms with Crippen molar-refractivity contribution in [2.24, 2.45) is 11.8 Å². The number of hydrogen-bond donors (Lipinski definition) is 2. The van der Waals surface area contributed by atoms with E-state index < -0.39 is 0 Å². The maximum absolute atomic E-state index is 12.5. The Morgan fingerprint density at radius 2 is 1.15 bits per heavy atom. The Morgan fingerprint density at radius 1 is 0.769 bits per heavy atom. The average molecular weight is 357 g/mol. The minimum atomic E-state index is -0.175. The van der Waals surface area contributed by atoms with Crippen molar-refractivity contribution in [1.29, 1.82) is 0 Å². The highest BCUT2D eigenvalue weighted by Crippen LogP contribution is 2.24. The molecule has 0 unspecified atom stereocenters. The fraction of sp³-hybridized carbons (Fsp3) is 0.667. The Hall–Kier alpha value is -1.91. The van der Waals surface area contributed by atoms with Crippen LogP contribution in [0.25, 0.3) is 0 Å². The van der Waals surface area contributed by atoms with Crippen molar-refractivity contribution in [2.75, 3.05) is 0 Å². The van der Waals surface area contributed by atoms with Gasteiger partial charge in [0, 0.05) is 12.1 Å². The molecule has 2 N–H and O–H groups in total. The highest BCUT2D eigenvalue weighted by molar-refractivity contribution is 5.96. The fourth-order valence-corrected chi connectivity index (χ4v) is 4.02. The molecule has 2 aliphatic rings. The number of amides is 2.